The summed E-state index contributed by atoms with van der Waals surface area (Å²) in [4.78, 5) is 24.9. The Morgan fingerprint density at radius 2 is 1.87 bits per heavy atom. The highest BCUT2D eigenvalue weighted by Crippen LogP contribution is 2.29. The summed E-state index contributed by atoms with van der Waals surface area (Å²) < 4.78 is 28.2. The van der Waals surface area contributed by atoms with E-state index in [4.69, 9.17) is 0 Å². The molecule has 2 aromatic rings. The highest BCUT2D eigenvalue weighted by Gasteiger charge is 2.40. The first-order valence-electron chi connectivity index (χ1n) is 10.4. The van der Waals surface area contributed by atoms with Crippen LogP contribution in [0.4, 0.5) is 0 Å². The zero-order chi connectivity index (χ0) is 22.6. The molecule has 31 heavy (non-hydrogen) atoms. The molecule has 1 unspecified atom stereocenters. The molecule has 0 fully saturated rings. The molecule has 0 aliphatic carbocycles. The number of carboxylic acid groups (broad SMARTS) is 1. The van der Waals surface area contributed by atoms with Gasteiger partial charge in [0.15, 0.2) is 0 Å². The Morgan fingerprint density at radius 3 is 2.52 bits per heavy atom. The standard InChI is InChI=1S/C23H28N2O5S/c1-3-4-12-20(23(27)28)24-22(26)21-14-17-9-5-6-10-18(17)15-25(21)31(29,30)19-11-7-8-16(2)13-19/h5-11,13,20-21H,3-4,12,14-15H2,1-2H3,(H,24,26)(H,27,28)/t20?,21-/m0/s1. The second-order valence-electron chi connectivity index (χ2n) is 7.90. The zero-order valence-electron chi connectivity index (χ0n) is 17.7. The Bertz CT molecular complexity index is 1070. The second kappa shape index (κ2) is 9.62. The molecule has 1 aliphatic rings. The van der Waals surface area contributed by atoms with Crippen molar-refractivity contribution in [3.8, 4) is 0 Å². The van der Waals surface area contributed by atoms with Gasteiger partial charge in [-0.05, 0) is 48.6 Å². The number of hydrogen-bond acceptors (Lipinski definition) is 4. The van der Waals surface area contributed by atoms with Crippen molar-refractivity contribution in [2.24, 2.45) is 0 Å². The third-order valence-corrected chi connectivity index (χ3v) is 7.42. The first-order chi connectivity index (χ1) is 14.7. The van der Waals surface area contributed by atoms with E-state index in [1.807, 2.05) is 31.2 Å². The van der Waals surface area contributed by atoms with Gasteiger partial charge in [-0.2, -0.15) is 4.31 Å². The number of nitrogens with one attached hydrogen (secondary N) is 1. The third-order valence-electron chi connectivity index (χ3n) is 5.57. The number of fused-ring (bicyclic) bond motifs is 1. The van der Waals surface area contributed by atoms with Crippen molar-refractivity contribution in [3.63, 3.8) is 0 Å². The van der Waals surface area contributed by atoms with Crippen LogP contribution in [0.25, 0.3) is 0 Å². The fourth-order valence-corrected chi connectivity index (χ4v) is 5.49. The van der Waals surface area contributed by atoms with Gasteiger partial charge in [-0.1, -0.05) is 56.2 Å². The van der Waals surface area contributed by atoms with Crippen LogP contribution in [0, 0.1) is 6.92 Å². The lowest BCUT2D eigenvalue weighted by molar-refractivity contribution is -0.142. The van der Waals surface area contributed by atoms with Crippen LogP contribution in [0.2, 0.25) is 0 Å². The number of unbranched alkanes of at least 4 members (excludes halogenated alkanes) is 1. The average Bonchev–Trinajstić information content (AvgIpc) is 2.75. The van der Waals surface area contributed by atoms with Gasteiger partial charge < -0.3 is 10.4 Å². The summed E-state index contributed by atoms with van der Waals surface area (Å²) in [7, 11) is -3.97. The lowest BCUT2D eigenvalue weighted by Gasteiger charge is -2.35. The van der Waals surface area contributed by atoms with Gasteiger partial charge in [0.05, 0.1) is 4.90 Å². The third kappa shape index (κ3) is 5.14. The van der Waals surface area contributed by atoms with E-state index in [-0.39, 0.29) is 17.9 Å². The number of hydrogen-bond donors (Lipinski definition) is 2. The monoisotopic (exact) mass is 444 g/mol. The van der Waals surface area contributed by atoms with E-state index in [2.05, 4.69) is 5.32 Å². The molecule has 166 valence electrons. The minimum atomic E-state index is -3.97. The molecule has 2 aromatic carbocycles. The summed E-state index contributed by atoms with van der Waals surface area (Å²) in [5.74, 6) is -1.71. The Balaban J connectivity index is 1.96. The van der Waals surface area contributed by atoms with Crippen LogP contribution in [0.15, 0.2) is 53.4 Å². The topological polar surface area (TPSA) is 104 Å². The van der Waals surface area contributed by atoms with Crippen molar-refractivity contribution in [3.05, 3.63) is 65.2 Å². The molecule has 0 saturated heterocycles. The summed E-state index contributed by atoms with van der Waals surface area (Å²) in [6, 6.07) is 11.9. The number of aryl methyl sites for hydroxylation is 1. The maximum Gasteiger partial charge on any atom is 0.326 e. The number of rotatable bonds is 8. The first kappa shape index (κ1) is 23.0. The number of amides is 1. The fourth-order valence-electron chi connectivity index (χ4n) is 3.82. The van der Waals surface area contributed by atoms with E-state index in [1.54, 1.807) is 25.1 Å². The summed E-state index contributed by atoms with van der Waals surface area (Å²) in [6.45, 7) is 3.80. The van der Waals surface area contributed by atoms with E-state index < -0.39 is 34.0 Å². The average molecular weight is 445 g/mol. The summed E-state index contributed by atoms with van der Waals surface area (Å²) in [5.41, 5.74) is 2.52. The molecule has 0 radical (unpaired) electrons. The van der Waals surface area contributed by atoms with Crippen LogP contribution in [0.1, 0.15) is 42.9 Å². The van der Waals surface area contributed by atoms with Gasteiger partial charge in [0.25, 0.3) is 0 Å². The van der Waals surface area contributed by atoms with Gasteiger partial charge in [0, 0.05) is 6.54 Å². The fraction of sp³-hybridized carbons (Fsp3) is 0.391. The number of carboxylic acids is 1. The SMILES string of the molecule is CCCCC(NC(=O)[C@@H]1Cc2ccccc2CN1S(=O)(=O)c1cccc(C)c1)C(=O)O. The molecule has 0 aromatic heterocycles. The van der Waals surface area contributed by atoms with E-state index in [0.717, 1.165) is 23.1 Å². The van der Waals surface area contributed by atoms with Crippen LogP contribution in [-0.2, 0) is 32.6 Å². The number of carbonyl (C=O) groups is 2. The molecule has 0 saturated carbocycles. The molecular weight excluding hydrogens is 416 g/mol. The first-order valence-corrected chi connectivity index (χ1v) is 11.9. The van der Waals surface area contributed by atoms with Crippen LogP contribution < -0.4 is 5.32 Å². The van der Waals surface area contributed by atoms with Crippen LogP contribution >= 0.6 is 0 Å². The quantitative estimate of drug-likeness (QED) is 0.652. The molecule has 1 aliphatic heterocycles. The van der Waals surface area contributed by atoms with Gasteiger partial charge in [-0.15, -0.1) is 0 Å². The van der Waals surface area contributed by atoms with Crippen molar-refractivity contribution >= 4 is 21.9 Å². The maximum atomic E-state index is 13.5. The Labute approximate surface area is 183 Å². The molecule has 1 amide bonds. The largest absolute Gasteiger partial charge is 0.480 e. The zero-order valence-corrected chi connectivity index (χ0v) is 18.6. The van der Waals surface area contributed by atoms with E-state index in [1.165, 1.54) is 10.4 Å². The molecule has 2 N–H and O–H groups in total. The van der Waals surface area contributed by atoms with E-state index in [0.29, 0.717) is 12.8 Å². The molecule has 0 spiro atoms. The Hall–Kier alpha value is -2.71. The van der Waals surface area contributed by atoms with Crippen LogP contribution in [0.3, 0.4) is 0 Å². The number of aliphatic carboxylic acids is 1. The number of nitrogens with zero attached hydrogens (tertiary/aromatic N) is 1. The molecule has 0 bridgehead atoms. The number of carbonyl (C=O) groups excluding carboxylic acids is 1. The van der Waals surface area contributed by atoms with Gasteiger partial charge in [0.2, 0.25) is 15.9 Å². The second-order valence-corrected chi connectivity index (χ2v) is 9.79. The van der Waals surface area contributed by atoms with E-state index in [9.17, 15) is 23.1 Å². The molecule has 2 atom stereocenters. The predicted molar refractivity (Wildman–Crippen MR) is 117 cm³/mol. The molecule has 3 rings (SSSR count). The Kier molecular flexibility index (Phi) is 7.12. The van der Waals surface area contributed by atoms with Gasteiger partial charge >= 0.3 is 5.97 Å². The van der Waals surface area contributed by atoms with Crippen LogP contribution in [0.5, 0.6) is 0 Å². The lowest BCUT2D eigenvalue weighted by atomic mass is 9.95. The van der Waals surface area contributed by atoms with Gasteiger partial charge in [-0.25, -0.2) is 13.2 Å². The smallest absolute Gasteiger partial charge is 0.326 e. The van der Waals surface area contributed by atoms with Gasteiger partial charge in [-0.3, -0.25) is 4.79 Å². The molecule has 8 heteroatoms. The van der Waals surface area contributed by atoms with Crippen LogP contribution in [-0.4, -0.2) is 41.8 Å². The lowest BCUT2D eigenvalue weighted by Crippen LogP contribution is -2.55. The summed E-state index contributed by atoms with van der Waals surface area (Å²) in [5, 5.41) is 12.1. The highest BCUT2D eigenvalue weighted by atomic mass is 32.2. The van der Waals surface area contributed by atoms with Crippen molar-refractivity contribution in [1.82, 2.24) is 9.62 Å². The summed E-state index contributed by atoms with van der Waals surface area (Å²) >= 11 is 0. The number of benzene rings is 2. The van der Waals surface area contributed by atoms with E-state index >= 15 is 0 Å². The summed E-state index contributed by atoms with van der Waals surface area (Å²) in [6.07, 6.45) is 1.93. The minimum absolute atomic E-state index is 0.0528. The molecule has 7 nitrogen and oxygen atoms in total. The normalized spacial score (nSPS) is 17.5. The van der Waals surface area contributed by atoms with Crippen molar-refractivity contribution in [1.29, 1.82) is 0 Å². The van der Waals surface area contributed by atoms with Crippen molar-refractivity contribution in [2.45, 2.75) is 63.1 Å². The molecule has 1 heterocycles. The maximum absolute atomic E-state index is 13.5. The Morgan fingerprint density at radius 1 is 1.16 bits per heavy atom. The predicted octanol–water partition coefficient (Wildman–Crippen LogP) is 2.87. The molecular formula is C23H28N2O5S. The highest BCUT2D eigenvalue weighted by molar-refractivity contribution is 7.89. The minimum Gasteiger partial charge on any atom is -0.480 e. The number of sulfonamides is 1. The van der Waals surface area contributed by atoms with Crippen molar-refractivity contribution in [2.75, 3.05) is 0 Å². The van der Waals surface area contributed by atoms with Crippen molar-refractivity contribution < 1.29 is 23.1 Å². The van der Waals surface area contributed by atoms with Gasteiger partial charge in [0.1, 0.15) is 12.1 Å².